The molecule has 3 aromatic heterocycles. The van der Waals surface area contributed by atoms with Crippen LogP contribution >= 0.6 is 0 Å². The minimum atomic E-state index is -4.69. The zero-order valence-corrected chi connectivity index (χ0v) is 15.8. The normalized spacial score (nSPS) is 11.4. The van der Waals surface area contributed by atoms with Gasteiger partial charge in [0.1, 0.15) is 11.6 Å². The summed E-state index contributed by atoms with van der Waals surface area (Å²) in [6.07, 6.45) is -3.31. The van der Waals surface area contributed by atoms with E-state index < -0.39 is 17.9 Å². The number of carbonyl (C=O) groups excluding carboxylic acids is 1. The van der Waals surface area contributed by atoms with Crippen molar-refractivity contribution in [1.82, 2.24) is 34.9 Å². The Labute approximate surface area is 172 Å². The molecule has 0 aliphatic rings. The fraction of sp³-hybridized carbons (Fsp3) is 0.111. The molecule has 4 rings (SSSR count). The minimum absolute atomic E-state index is 0.127. The van der Waals surface area contributed by atoms with Crippen LogP contribution in [0.25, 0.3) is 5.95 Å². The Morgan fingerprint density at radius 3 is 2.55 bits per heavy atom. The van der Waals surface area contributed by atoms with Crippen molar-refractivity contribution in [3.8, 4) is 17.6 Å². The van der Waals surface area contributed by atoms with E-state index >= 15 is 0 Å². The van der Waals surface area contributed by atoms with Gasteiger partial charge in [-0.3, -0.25) is 9.89 Å². The monoisotopic (exact) mass is 430 g/mol. The number of H-pyrrole nitrogens is 1. The molecule has 0 saturated heterocycles. The largest absolute Gasteiger partial charge is 0.451 e. The SMILES string of the molecule is Cc1nc(C(=O)Nc2ccc(Oc3ccccc3)nc2)nn1-c1n[nH]c(C(F)(F)F)n1. The summed E-state index contributed by atoms with van der Waals surface area (Å²) in [4.78, 5) is 23.8. The van der Waals surface area contributed by atoms with Gasteiger partial charge in [0.25, 0.3) is 11.9 Å². The van der Waals surface area contributed by atoms with Crippen LogP contribution in [0.15, 0.2) is 48.7 Å². The molecule has 1 amide bonds. The molecule has 158 valence electrons. The molecule has 0 saturated carbocycles. The molecular formula is C18H13F3N8O2. The third-order valence-electron chi connectivity index (χ3n) is 3.86. The summed E-state index contributed by atoms with van der Waals surface area (Å²) >= 11 is 0. The van der Waals surface area contributed by atoms with Gasteiger partial charge in [0.05, 0.1) is 11.9 Å². The molecule has 0 aliphatic heterocycles. The van der Waals surface area contributed by atoms with Crippen LogP contribution in [-0.4, -0.2) is 40.8 Å². The van der Waals surface area contributed by atoms with Gasteiger partial charge in [-0.2, -0.15) is 22.8 Å². The lowest BCUT2D eigenvalue weighted by atomic mass is 10.3. The maximum atomic E-state index is 12.7. The maximum absolute atomic E-state index is 12.7. The van der Waals surface area contributed by atoms with E-state index in [1.54, 1.807) is 29.4 Å². The van der Waals surface area contributed by atoms with Crippen LogP contribution in [0.5, 0.6) is 11.6 Å². The maximum Gasteiger partial charge on any atom is 0.451 e. The number of aromatic amines is 1. The van der Waals surface area contributed by atoms with Crippen LogP contribution in [0.1, 0.15) is 22.3 Å². The molecule has 10 nitrogen and oxygen atoms in total. The van der Waals surface area contributed by atoms with E-state index in [-0.39, 0.29) is 17.6 Å². The average molecular weight is 430 g/mol. The zero-order chi connectivity index (χ0) is 22.0. The number of nitrogens with zero attached hydrogens (tertiary/aromatic N) is 6. The Kier molecular flexibility index (Phi) is 5.07. The summed E-state index contributed by atoms with van der Waals surface area (Å²) in [5.41, 5.74) is 0.344. The van der Waals surface area contributed by atoms with Crippen molar-refractivity contribution < 1.29 is 22.7 Å². The highest BCUT2D eigenvalue weighted by atomic mass is 19.4. The first kappa shape index (κ1) is 20.0. The second kappa shape index (κ2) is 7.85. The topological polar surface area (TPSA) is 124 Å². The molecule has 4 aromatic rings. The van der Waals surface area contributed by atoms with E-state index in [1.807, 2.05) is 18.2 Å². The van der Waals surface area contributed by atoms with Gasteiger partial charge in [0.15, 0.2) is 0 Å². The number of aryl methyl sites for hydroxylation is 1. The lowest BCUT2D eigenvalue weighted by Gasteiger charge is -2.06. The van der Waals surface area contributed by atoms with Gasteiger partial charge in [0, 0.05) is 6.07 Å². The van der Waals surface area contributed by atoms with Crippen molar-refractivity contribution in [3.63, 3.8) is 0 Å². The molecule has 3 heterocycles. The standard InChI is InChI=1S/C18H13F3N8O2/c1-10-23-14(28-29(10)17-25-16(26-27-17)18(19,20)21)15(30)24-11-7-8-13(22-9-11)31-12-5-3-2-4-6-12/h2-9H,1H3,(H,24,30)(H,25,26,27). The number of carbonyl (C=O) groups is 1. The number of pyridine rings is 1. The quantitative estimate of drug-likeness (QED) is 0.498. The Bertz CT molecular complexity index is 1200. The average Bonchev–Trinajstić information content (AvgIpc) is 3.37. The van der Waals surface area contributed by atoms with Gasteiger partial charge < -0.3 is 10.1 Å². The van der Waals surface area contributed by atoms with Crippen molar-refractivity contribution >= 4 is 11.6 Å². The molecule has 0 bridgehead atoms. The molecule has 0 spiro atoms. The highest BCUT2D eigenvalue weighted by Crippen LogP contribution is 2.26. The highest BCUT2D eigenvalue weighted by molar-refractivity contribution is 6.01. The molecule has 0 atom stereocenters. The summed E-state index contributed by atoms with van der Waals surface area (Å²) < 4.78 is 44.6. The number of para-hydroxylation sites is 1. The number of benzene rings is 1. The summed E-state index contributed by atoms with van der Waals surface area (Å²) in [6, 6.07) is 12.2. The van der Waals surface area contributed by atoms with Gasteiger partial charge in [-0.05, 0) is 25.1 Å². The van der Waals surface area contributed by atoms with E-state index in [0.29, 0.717) is 17.3 Å². The predicted octanol–water partition coefficient (Wildman–Crippen LogP) is 3.15. The van der Waals surface area contributed by atoms with Gasteiger partial charge in [-0.25, -0.2) is 9.97 Å². The molecule has 0 radical (unpaired) electrons. The summed E-state index contributed by atoms with van der Waals surface area (Å²) in [5, 5.41) is 11.7. The van der Waals surface area contributed by atoms with Crippen LogP contribution in [0.4, 0.5) is 18.9 Å². The van der Waals surface area contributed by atoms with Gasteiger partial charge in [-0.15, -0.1) is 10.2 Å². The van der Waals surface area contributed by atoms with Gasteiger partial charge in [0.2, 0.25) is 17.5 Å². The number of hydrogen-bond acceptors (Lipinski definition) is 7. The number of amides is 1. The summed E-state index contributed by atoms with van der Waals surface area (Å²) in [6.45, 7) is 1.45. The van der Waals surface area contributed by atoms with E-state index in [0.717, 1.165) is 4.68 Å². The van der Waals surface area contributed by atoms with Gasteiger partial charge >= 0.3 is 6.18 Å². The van der Waals surface area contributed by atoms with Crippen LogP contribution in [0, 0.1) is 6.92 Å². The van der Waals surface area contributed by atoms with Crippen molar-refractivity contribution in [3.05, 3.63) is 66.1 Å². The van der Waals surface area contributed by atoms with Crippen molar-refractivity contribution in [2.75, 3.05) is 5.32 Å². The highest BCUT2D eigenvalue weighted by Gasteiger charge is 2.35. The smallest absolute Gasteiger partial charge is 0.439 e. The molecule has 0 unspecified atom stereocenters. The third kappa shape index (κ3) is 4.49. The van der Waals surface area contributed by atoms with Crippen molar-refractivity contribution in [2.45, 2.75) is 13.1 Å². The molecule has 31 heavy (non-hydrogen) atoms. The Balaban J connectivity index is 1.45. The number of nitrogens with one attached hydrogen (secondary N) is 2. The molecular weight excluding hydrogens is 417 g/mol. The van der Waals surface area contributed by atoms with Gasteiger partial charge in [-0.1, -0.05) is 18.2 Å². The molecule has 0 fully saturated rings. The number of hydrogen-bond donors (Lipinski definition) is 2. The van der Waals surface area contributed by atoms with Crippen molar-refractivity contribution in [2.24, 2.45) is 0 Å². The Morgan fingerprint density at radius 2 is 1.90 bits per heavy atom. The Morgan fingerprint density at radius 1 is 1.13 bits per heavy atom. The van der Waals surface area contributed by atoms with Crippen LogP contribution < -0.4 is 10.1 Å². The minimum Gasteiger partial charge on any atom is -0.439 e. The molecule has 0 aliphatic carbocycles. The van der Waals surface area contributed by atoms with Crippen LogP contribution in [0.2, 0.25) is 0 Å². The van der Waals surface area contributed by atoms with E-state index in [1.165, 1.54) is 13.1 Å². The lowest BCUT2D eigenvalue weighted by molar-refractivity contribution is -0.144. The number of alkyl halides is 3. The molecule has 2 N–H and O–H groups in total. The zero-order valence-electron chi connectivity index (χ0n) is 15.8. The molecule has 1 aromatic carbocycles. The van der Waals surface area contributed by atoms with Crippen molar-refractivity contribution in [1.29, 1.82) is 0 Å². The summed E-state index contributed by atoms with van der Waals surface area (Å²) in [5.74, 6) is -1.58. The second-order valence-corrected chi connectivity index (χ2v) is 6.13. The number of rotatable bonds is 5. The van der Waals surface area contributed by atoms with E-state index in [2.05, 4.69) is 30.5 Å². The Hall–Kier alpha value is -4.29. The predicted molar refractivity (Wildman–Crippen MR) is 99.7 cm³/mol. The fourth-order valence-electron chi connectivity index (χ4n) is 2.46. The number of halogens is 3. The lowest BCUT2D eigenvalue weighted by Crippen LogP contribution is -2.14. The fourth-order valence-corrected chi connectivity index (χ4v) is 2.46. The van der Waals surface area contributed by atoms with Crippen LogP contribution in [-0.2, 0) is 6.18 Å². The number of aromatic nitrogens is 7. The third-order valence-corrected chi connectivity index (χ3v) is 3.86. The van der Waals surface area contributed by atoms with E-state index in [4.69, 9.17) is 4.74 Å². The first-order valence-electron chi connectivity index (χ1n) is 8.73. The number of anilines is 1. The number of ether oxygens (including phenoxy) is 1. The first-order valence-corrected chi connectivity index (χ1v) is 8.73. The summed E-state index contributed by atoms with van der Waals surface area (Å²) in [7, 11) is 0. The van der Waals surface area contributed by atoms with E-state index in [9.17, 15) is 18.0 Å². The second-order valence-electron chi connectivity index (χ2n) is 6.13. The first-order chi connectivity index (χ1) is 14.8. The van der Waals surface area contributed by atoms with Crippen LogP contribution in [0.3, 0.4) is 0 Å². The molecule has 13 heteroatoms.